The van der Waals surface area contributed by atoms with Crippen LogP contribution in [0.4, 0.5) is 5.69 Å². The Labute approximate surface area is 133 Å². The van der Waals surface area contributed by atoms with E-state index in [1.807, 2.05) is 31.2 Å². The molecule has 0 fully saturated rings. The van der Waals surface area contributed by atoms with Crippen molar-refractivity contribution >= 4 is 29.3 Å². The van der Waals surface area contributed by atoms with Crippen LogP contribution in [0.3, 0.4) is 0 Å². The summed E-state index contributed by atoms with van der Waals surface area (Å²) in [6, 6.07) is 14.6. The predicted octanol–water partition coefficient (Wildman–Crippen LogP) is 3.51. The molecule has 0 aromatic heterocycles. The summed E-state index contributed by atoms with van der Waals surface area (Å²) in [5, 5.41) is 2.80. The Balaban J connectivity index is 1.86. The summed E-state index contributed by atoms with van der Waals surface area (Å²) in [4.78, 5) is 24.3. The van der Waals surface area contributed by atoms with E-state index < -0.39 is 5.97 Å². The van der Waals surface area contributed by atoms with Gasteiger partial charge in [0, 0.05) is 10.6 Å². The van der Waals surface area contributed by atoms with Crippen molar-refractivity contribution in [2.75, 3.05) is 18.2 Å². The number of carbonyl (C=O) groups is 2. The summed E-state index contributed by atoms with van der Waals surface area (Å²) in [5.74, 6) is -0.147. The number of anilines is 1. The maximum Gasteiger partial charge on any atom is 0.337 e. The van der Waals surface area contributed by atoms with Gasteiger partial charge in [-0.3, -0.25) is 4.79 Å². The van der Waals surface area contributed by atoms with Gasteiger partial charge in [0.05, 0.1) is 18.4 Å². The Morgan fingerprint density at radius 2 is 1.68 bits per heavy atom. The van der Waals surface area contributed by atoms with Gasteiger partial charge in [-0.15, -0.1) is 11.8 Å². The Morgan fingerprint density at radius 1 is 1.05 bits per heavy atom. The van der Waals surface area contributed by atoms with Crippen LogP contribution in [-0.4, -0.2) is 24.7 Å². The van der Waals surface area contributed by atoms with Crippen molar-refractivity contribution in [3.63, 3.8) is 0 Å². The van der Waals surface area contributed by atoms with Gasteiger partial charge in [-0.2, -0.15) is 0 Å². The third kappa shape index (κ3) is 4.63. The second-order valence-corrected chi connectivity index (χ2v) is 5.77. The maximum atomic E-state index is 11.9. The van der Waals surface area contributed by atoms with Crippen molar-refractivity contribution in [1.82, 2.24) is 0 Å². The molecule has 2 rings (SSSR count). The number of aryl methyl sites for hydroxylation is 1. The van der Waals surface area contributed by atoms with E-state index in [2.05, 4.69) is 10.1 Å². The smallest absolute Gasteiger partial charge is 0.337 e. The molecule has 1 N–H and O–H groups in total. The Hall–Kier alpha value is -2.27. The fraction of sp³-hybridized carbons (Fsp3) is 0.176. The zero-order valence-electron chi connectivity index (χ0n) is 12.5. The minimum atomic E-state index is -0.396. The van der Waals surface area contributed by atoms with Crippen LogP contribution in [0, 0.1) is 6.92 Å². The lowest BCUT2D eigenvalue weighted by Gasteiger charge is -2.06. The summed E-state index contributed by atoms with van der Waals surface area (Å²) in [5.41, 5.74) is 2.30. The second kappa shape index (κ2) is 7.66. The molecular weight excluding hydrogens is 298 g/mol. The van der Waals surface area contributed by atoms with Crippen LogP contribution >= 0.6 is 11.8 Å². The summed E-state index contributed by atoms with van der Waals surface area (Å²) in [7, 11) is 1.33. The number of hydrogen-bond donors (Lipinski definition) is 1. The highest BCUT2D eigenvalue weighted by molar-refractivity contribution is 8.00. The van der Waals surface area contributed by atoms with Gasteiger partial charge in [-0.05, 0) is 43.3 Å². The van der Waals surface area contributed by atoms with Crippen LogP contribution in [0.1, 0.15) is 15.9 Å². The fourth-order valence-corrected chi connectivity index (χ4v) is 2.49. The molecule has 0 aliphatic rings. The van der Waals surface area contributed by atoms with Crippen molar-refractivity contribution in [2.45, 2.75) is 11.8 Å². The number of nitrogens with one attached hydrogen (secondary N) is 1. The summed E-state index contributed by atoms with van der Waals surface area (Å²) < 4.78 is 4.62. The van der Waals surface area contributed by atoms with Gasteiger partial charge in [0.2, 0.25) is 5.91 Å². The first-order valence-electron chi connectivity index (χ1n) is 6.76. The highest BCUT2D eigenvalue weighted by Gasteiger charge is 2.07. The van der Waals surface area contributed by atoms with Crippen molar-refractivity contribution in [2.24, 2.45) is 0 Å². The highest BCUT2D eigenvalue weighted by Crippen LogP contribution is 2.19. The first-order valence-corrected chi connectivity index (χ1v) is 7.75. The third-order valence-corrected chi connectivity index (χ3v) is 3.99. The summed E-state index contributed by atoms with van der Waals surface area (Å²) >= 11 is 1.48. The summed E-state index contributed by atoms with van der Waals surface area (Å²) in [6.07, 6.45) is 0. The zero-order chi connectivity index (χ0) is 15.9. The van der Waals surface area contributed by atoms with Crippen LogP contribution in [0.5, 0.6) is 0 Å². The van der Waals surface area contributed by atoms with Crippen LogP contribution < -0.4 is 5.32 Å². The molecule has 0 aliphatic carbocycles. The molecule has 0 atom stereocenters. The quantitative estimate of drug-likeness (QED) is 0.677. The molecule has 22 heavy (non-hydrogen) atoms. The van der Waals surface area contributed by atoms with Gasteiger partial charge in [-0.1, -0.05) is 17.7 Å². The lowest BCUT2D eigenvalue weighted by atomic mass is 10.2. The topological polar surface area (TPSA) is 55.4 Å². The second-order valence-electron chi connectivity index (χ2n) is 4.72. The van der Waals surface area contributed by atoms with Gasteiger partial charge in [0.1, 0.15) is 0 Å². The van der Waals surface area contributed by atoms with Gasteiger partial charge in [0.25, 0.3) is 0 Å². The van der Waals surface area contributed by atoms with Crippen molar-refractivity contribution in [3.05, 3.63) is 59.7 Å². The SMILES string of the molecule is COC(=O)c1ccc(NC(=O)CSc2ccc(C)cc2)cc1. The first kappa shape index (κ1) is 16.1. The van der Waals surface area contributed by atoms with Gasteiger partial charge in [-0.25, -0.2) is 4.79 Å². The van der Waals surface area contributed by atoms with E-state index in [9.17, 15) is 9.59 Å². The first-order chi connectivity index (χ1) is 10.6. The third-order valence-electron chi connectivity index (χ3n) is 2.98. The van der Waals surface area contributed by atoms with E-state index in [-0.39, 0.29) is 5.91 Å². The Bertz CT molecular complexity index is 651. The molecule has 0 aliphatic heterocycles. The van der Waals surface area contributed by atoms with E-state index in [4.69, 9.17) is 0 Å². The molecule has 1 amide bonds. The molecule has 0 unspecified atom stereocenters. The predicted molar refractivity (Wildman–Crippen MR) is 88.3 cm³/mol. The number of carbonyl (C=O) groups excluding carboxylic acids is 2. The fourth-order valence-electron chi connectivity index (χ4n) is 1.79. The molecule has 2 aromatic rings. The largest absolute Gasteiger partial charge is 0.465 e. The molecule has 0 saturated heterocycles. The number of thioether (sulfide) groups is 1. The van der Waals surface area contributed by atoms with E-state index in [1.54, 1.807) is 24.3 Å². The van der Waals surface area contributed by atoms with Crippen LogP contribution in [0.25, 0.3) is 0 Å². The standard InChI is InChI=1S/C17H17NO3S/c1-12-3-9-15(10-4-12)22-11-16(19)18-14-7-5-13(6-8-14)17(20)21-2/h3-10H,11H2,1-2H3,(H,18,19). The lowest BCUT2D eigenvalue weighted by molar-refractivity contribution is -0.113. The molecule has 5 heteroatoms. The van der Waals surface area contributed by atoms with E-state index in [0.29, 0.717) is 17.0 Å². The Morgan fingerprint density at radius 3 is 2.27 bits per heavy atom. The number of benzene rings is 2. The minimum absolute atomic E-state index is 0.0867. The average molecular weight is 315 g/mol. The summed E-state index contributed by atoms with van der Waals surface area (Å²) in [6.45, 7) is 2.03. The van der Waals surface area contributed by atoms with E-state index >= 15 is 0 Å². The zero-order valence-corrected chi connectivity index (χ0v) is 13.3. The van der Waals surface area contributed by atoms with E-state index in [0.717, 1.165) is 4.90 Å². The van der Waals surface area contributed by atoms with Crippen LogP contribution in [0.2, 0.25) is 0 Å². The van der Waals surface area contributed by atoms with Crippen molar-refractivity contribution < 1.29 is 14.3 Å². The molecule has 0 saturated carbocycles. The van der Waals surface area contributed by atoms with Crippen molar-refractivity contribution in [1.29, 1.82) is 0 Å². The normalized spacial score (nSPS) is 10.1. The molecule has 114 valence electrons. The molecule has 4 nitrogen and oxygen atoms in total. The number of methoxy groups -OCH3 is 1. The number of amides is 1. The van der Waals surface area contributed by atoms with Crippen LogP contribution in [0.15, 0.2) is 53.4 Å². The van der Waals surface area contributed by atoms with Gasteiger partial charge < -0.3 is 10.1 Å². The Kier molecular flexibility index (Phi) is 5.61. The molecule has 0 spiro atoms. The highest BCUT2D eigenvalue weighted by atomic mass is 32.2. The molecule has 0 bridgehead atoms. The molecule has 0 radical (unpaired) electrons. The van der Waals surface area contributed by atoms with Crippen molar-refractivity contribution in [3.8, 4) is 0 Å². The molecule has 0 heterocycles. The monoisotopic (exact) mass is 315 g/mol. The number of hydrogen-bond acceptors (Lipinski definition) is 4. The minimum Gasteiger partial charge on any atom is -0.465 e. The number of esters is 1. The lowest BCUT2D eigenvalue weighted by Crippen LogP contribution is -2.14. The van der Waals surface area contributed by atoms with Gasteiger partial charge in [0.15, 0.2) is 0 Å². The average Bonchev–Trinajstić information content (AvgIpc) is 2.54. The molecule has 2 aromatic carbocycles. The molecular formula is C17H17NO3S. The van der Waals surface area contributed by atoms with Crippen LogP contribution in [-0.2, 0) is 9.53 Å². The number of rotatable bonds is 5. The van der Waals surface area contributed by atoms with Gasteiger partial charge >= 0.3 is 5.97 Å². The maximum absolute atomic E-state index is 11.9. The van der Waals surface area contributed by atoms with E-state index in [1.165, 1.54) is 24.4 Å². The number of ether oxygens (including phenoxy) is 1.